The first-order valence-corrected chi connectivity index (χ1v) is 7.94. The lowest BCUT2D eigenvalue weighted by Gasteiger charge is -2.24. The third-order valence-corrected chi connectivity index (χ3v) is 4.33. The van der Waals surface area contributed by atoms with Gasteiger partial charge in [-0.25, -0.2) is 0 Å². The second kappa shape index (κ2) is 6.88. The van der Waals surface area contributed by atoms with Gasteiger partial charge in [-0.15, -0.1) is 0 Å². The van der Waals surface area contributed by atoms with E-state index >= 15 is 0 Å². The quantitative estimate of drug-likeness (QED) is 0.468. The van der Waals surface area contributed by atoms with Crippen molar-refractivity contribution >= 4 is 11.6 Å². The number of hydrogen-bond acceptors (Lipinski definition) is 3. The molecule has 0 saturated heterocycles. The van der Waals surface area contributed by atoms with Crippen LogP contribution in [-0.2, 0) is 9.59 Å². The van der Waals surface area contributed by atoms with Gasteiger partial charge in [0.05, 0.1) is 5.57 Å². The zero-order valence-electron chi connectivity index (χ0n) is 12.9. The highest BCUT2D eigenvalue weighted by Gasteiger charge is 2.32. The Morgan fingerprint density at radius 1 is 1.29 bits per heavy atom. The van der Waals surface area contributed by atoms with E-state index in [2.05, 4.69) is 6.92 Å². The minimum Gasteiger partial charge on any atom is -0.504 e. The molecule has 0 aromatic heterocycles. The van der Waals surface area contributed by atoms with E-state index in [-0.39, 0.29) is 23.2 Å². The SMILES string of the molecule is CCCCCC1=CC(=O)C(C2C=C(C)CCC2)=C(O)C1=O. The highest BCUT2D eigenvalue weighted by Crippen LogP contribution is 2.33. The van der Waals surface area contributed by atoms with E-state index in [9.17, 15) is 14.7 Å². The Bertz CT molecular complexity index is 535. The van der Waals surface area contributed by atoms with E-state index in [1.54, 1.807) is 0 Å². The molecule has 0 aromatic rings. The van der Waals surface area contributed by atoms with Crippen LogP contribution < -0.4 is 0 Å². The number of unbranched alkanes of at least 4 members (excludes halogenated alkanes) is 2. The number of allylic oxidation sites excluding steroid dienone is 5. The van der Waals surface area contributed by atoms with Crippen molar-refractivity contribution in [2.24, 2.45) is 5.92 Å². The Balaban J connectivity index is 2.19. The molecule has 21 heavy (non-hydrogen) atoms. The summed E-state index contributed by atoms with van der Waals surface area (Å²) in [6.45, 7) is 4.13. The number of aliphatic hydroxyl groups excluding tert-OH is 1. The fraction of sp³-hybridized carbons (Fsp3) is 0.556. The van der Waals surface area contributed by atoms with E-state index in [0.29, 0.717) is 17.6 Å². The first-order chi connectivity index (χ1) is 10.0. The predicted octanol–water partition coefficient (Wildman–Crippen LogP) is 4.20. The lowest BCUT2D eigenvalue weighted by molar-refractivity contribution is -0.118. The Morgan fingerprint density at radius 2 is 2.05 bits per heavy atom. The number of carbonyl (C=O) groups excluding carboxylic acids is 2. The molecule has 0 bridgehead atoms. The molecule has 1 unspecified atom stereocenters. The molecule has 0 spiro atoms. The van der Waals surface area contributed by atoms with Crippen molar-refractivity contribution in [3.05, 3.63) is 34.6 Å². The summed E-state index contributed by atoms with van der Waals surface area (Å²) in [5.74, 6) is -0.958. The van der Waals surface area contributed by atoms with Crippen LogP contribution in [0, 0.1) is 5.92 Å². The Morgan fingerprint density at radius 3 is 2.71 bits per heavy atom. The number of hydrogen-bond donors (Lipinski definition) is 1. The van der Waals surface area contributed by atoms with Gasteiger partial charge in [-0.2, -0.15) is 0 Å². The average Bonchev–Trinajstić information content (AvgIpc) is 2.44. The second-order valence-electron chi connectivity index (χ2n) is 6.09. The van der Waals surface area contributed by atoms with Crippen LogP contribution >= 0.6 is 0 Å². The topological polar surface area (TPSA) is 54.4 Å². The van der Waals surface area contributed by atoms with Gasteiger partial charge in [0.1, 0.15) is 0 Å². The summed E-state index contributed by atoms with van der Waals surface area (Å²) in [5, 5.41) is 10.2. The van der Waals surface area contributed by atoms with E-state index in [1.165, 1.54) is 11.6 Å². The molecule has 1 atom stereocenters. The van der Waals surface area contributed by atoms with Crippen LogP contribution in [0.25, 0.3) is 0 Å². The van der Waals surface area contributed by atoms with Crippen LogP contribution in [0.3, 0.4) is 0 Å². The lowest BCUT2D eigenvalue weighted by Crippen LogP contribution is -2.24. The van der Waals surface area contributed by atoms with Crippen LogP contribution in [0.1, 0.15) is 58.8 Å². The average molecular weight is 288 g/mol. The number of rotatable bonds is 5. The zero-order valence-corrected chi connectivity index (χ0v) is 12.9. The molecule has 0 radical (unpaired) electrons. The molecule has 3 heteroatoms. The van der Waals surface area contributed by atoms with Gasteiger partial charge in [0.15, 0.2) is 11.5 Å². The molecule has 3 nitrogen and oxygen atoms in total. The predicted molar refractivity (Wildman–Crippen MR) is 83.0 cm³/mol. The molecule has 1 N–H and O–H groups in total. The third-order valence-electron chi connectivity index (χ3n) is 4.33. The molecule has 2 aliphatic rings. The highest BCUT2D eigenvalue weighted by atomic mass is 16.3. The van der Waals surface area contributed by atoms with E-state index in [0.717, 1.165) is 38.5 Å². The van der Waals surface area contributed by atoms with Gasteiger partial charge in [-0.05, 0) is 45.1 Å². The summed E-state index contributed by atoms with van der Waals surface area (Å²) in [7, 11) is 0. The first kappa shape index (κ1) is 15.7. The van der Waals surface area contributed by atoms with Gasteiger partial charge in [0.2, 0.25) is 5.78 Å². The van der Waals surface area contributed by atoms with E-state index in [1.807, 2.05) is 13.0 Å². The highest BCUT2D eigenvalue weighted by molar-refractivity contribution is 6.21. The normalized spacial score (nSPS) is 23.2. The van der Waals surface area contributed by atoms with Crippen molar-refractivity contribution in [3.8, 4) is 0 Å². The summed E-state index contributed by atoms with van der Waals surface area (Å²) in [6, 6.07) is 0. The molecular weight excluding hydrogens is 264 g/mol. The van der Waals surface area contributed by atoms with Gasteiger partial charge in [0, 0.05) is 11.5 Å². The standard InChI is InChI=1S/C18H24O3/c1-3-4-5-8-14-11-15(19)16(18(21)17(14)20)13-9-6-7-12(2)10-13/h10-11,13,21H,3-9H2,1-2H3. The number of carbonyl (C=O) groups is 2. The zero-order chi connectivity index (χ0) is 15.4. The van der Waals surface area contributed by atoms with Crippen LogP contribution in [0.5, 0.6) is 0 Å². The minimum atomic E-state index is -0.350. The lowest BCUT2D eigenvalue weighted by atomic mass is 9.79. The second-order valence-corrected chi connectivity index (χ2v) is 6.09. The van der Waals surface area contributed by atoms with Crippen molar-refractivity contribution < 1.29 is 14.7 Å². The molecule has 0 aromatic carbocycles. The molecule has 0 amide bonds. The monoisotopic (exact) mass is 288 g/mol. The Hall–Kier alpha value is -1.64. The van der Waals surface area contributed by atoms with Crippen molar-refractivity contribution in [1.82, 2.24) is 0 Å². The van der Waals surface area contributed by atoms with Crippen molar-refractivity contribution in [2.45, 2.75) is 58.8 Å². The molecule has 2 aliphatic carbocycles. The first-order valence-electron chi connectivity index (χ1n) is 7.94. The van der Waals surface area contributed by atoms with Crippen LogP contribution in [0.4, 0.5) is 0 Å². The van der Waals surface area contributed by atoms with Gasteiger partial charge in [-0.3, -0.25) is 9.59 Å². The largest absolute Gasteiger partial charge is 0.504 e. The van der Waals surface area contributed by atoms with Gasteiger partial charge >= 0.3 is 0 Å². The maximum Gasteiger partial charge on any atom is 0.223 e. The van der Waals surface area contributed by atoms with E-state index < -0.39 is 0 Å². The number of aliphatic hydroxyl groups is 1. The van der Waals surface area contributed by atoms with E-state index in [4.69, 9.17) is 0 Å². The van der Waals surface area contributed by atoms with Crippen molar-refractivity contribution in [2.75, 3.05) is 0 Å². The van der Waals surface area contributed by atoms with Crippen molar-refractivity contribution in [1.29, 1.82) is 0 Å². The Kier molecular flexibility index (Phi) is 5.16. The van der Waals surface area contributed by atoms with Gasteiger partial charge in [0.25, 0.3) is 0 Å². The summed E-state index contributed by atoms with van der Waals surface area (Å²) in [5.41, 5.74) is 1.99. The molecule has 0 heterocycles. The fourth-order valence-corrected chi connectivity index (χ4v) is 3.14. The molecule has 2 rings (SSSR count). The summed E-state index contributed by atoms with van der Waals surface area (Å²) in [4.78, 5) is 24.6. The number of ketones is 2. The van der Waals surface area contributed by atoms with Crippen LogP contribution in [0.2, 0.25) is 0 Å². The van der Waals surface area contributed by atoms with Crippen LogP contribution in [-0.4, -0.2) is 16.7 Å². The smallest absolute Gasteiger partial charge is 0.223 e. The number of Topliss-reactive ketones (excluding diaryl/α,β-unsaturated/α-hetero) is 1. The minimum absolute atomic E-state index is 0.108. The molecule has 0 saturated carbocycles. The molecular formula is C18H24O3. The maximum atomic E-state index is 12.3. The maximum absolute atomic E-state index is 12.3. The summed E-state index contributed by atoms with van der Waals surface area (Å²) >= 11 is 0. The Labute approximate surface area is 126 Å². The molecule has 0 aliphatic heterocycles. The van der Waals surface area contributed by atoms with Crippen LogP contribution in [0.15, 0.2) is 34.6 Å². The molecule has 0 fully saturated rings. The van der Waals surface area contributed by atoms with Gasteiger partial charge < -0.3 is 5.11 Å². The van der Waals surface area contributed by atoms with Crippen molar-refractivity contribution in [3.63, 3.8) is 0 Å². The summed E-state index contributed by atoms with van der Waals surface area (Å²) in [6.07, 6.45) is 9.88. The third kappa shape index (κ3) is 3.52. The fourth-order valence-electron chi connectivity index (χ4n) is 3.14. The van der Waals surface area contributed by atoms with Gasteiger partial charge in [-0.1, -0.05) is 31.4 Å². The molecule has 114 valence electrons. The summed E-state index contributed by atoms with van der Waals surface area (Å²) < 4.78 is 0.